The zero-order valence-corrected chi connectivity index (χ0v) is 11.2. The van der Waals surface area contributed by atoms with Gasteiger partial charge in [0.25, 0.3) is 0 Å². The van der Waals surface area contributed by atoms with Gasteiger partial charge in [-0.25, -0.2) is 0 Å². The van der Waals surface area contributed by atoms with Crippen LogP contribution >= 0.6 is 11.6 Å². The summed E-state index contributed by atoms with van der Waals surface area (Å²) in [6.07, 6.45) is 0. The zero-order chi connectivity index (χ0) is 13.2. The van der Waals surface area contributed by atoms with E-state index in [1.54, 1.807) is 12.1 Å². The Kier molecular flexibility index (Phi) is 4.75. The van der Waals surface area contributed by atoms with Crippen molar-refractivity contribution in [3.05, 3.63) is 28.3 Å². The monoisotopic (exact) mass is 262 g/mol. The Morgan fingerprint density at radius 1 is 1.00 bits per heavy atom. The number of halogens is 3. The van der Waals surface area contributed by atoms with Gasteiger partial charge in [0.1, 0.15) is 5.75 Å². The molecule has 0 atom stereocenters. The summed E-state index contributed by atoms with van der Waals surface area (Å²) >= 11 is 5.94. The third kappa shape index (κ3) is 3.56. The quantitative estimate of drug-likeness (QED) is 0.726. The Bertz CT molecular complexity index is 389. The molecule has 0 heterocycles. The lowest BCUT2D eigenvalue weighted by Crippen LogP contribution is -2.05. The van der Waals surface area contributed by atoms with Crippen LogP contribution in [0.25, 0.3) is 0 Å². The average molecular weight is 263 g/mol. The Balaban J connectivity index is 3.24. The van der Waals surface area contributed by atoms with Crippen molar-refractivity contribution >= 4 is 11.6 Å². The molecule has 0 N–H and O–H groups in total. The van der Waals surface area contributed by atoms with Crippen LogP contribution in [0.2, 0.25) is 5.02 Å². The van der Waals surface area contributed by atoms with E-state index in [1.165, 1.54) is 0 Å². The number of hydrogen-bond donors (Lipinski definition) is 0. The molecule has 96 valence electrons. The van der Waals surface area contributed by atoms with E-state index in [1.807, 2.05) is 27.7 Å². The third-order valence-electron chi connectivity index (χ3n) is 2.60. The van der Waals surface area contributed by atoms with Gasteiger partial charge >= 0.3 is 6.61 Å². The van der Waals surface area contributed by atoms with Crippen LogP contribution in [0.5, 0.6) is 5.75 Å². The number of benzene rings is 1. The van der Waals surface area contributed by atoms with Crippen LogP contribution in [0.1, 0.15) is 50.7 Å². The highest BCUT2D eigenvalue weighted by molar-refractivity contribution is 6.32. The van der Waals surface area contributed by atoms with Crippen molar-refractivity contribution in [2.75, 3.05) is 0 Å². The van der Waals surface area contributed by atoms with Crippen molar-refractivity contribution in [3.8, 4) is 5.75 Å². The summed E-state index contributed by atoms with van der Waals surface area (Å²) in [4.78, 5) is 0. The summed E-state index contributed by atoms with van der Waals surface area (Å²) < 4.78 is 28.8. The second kappa shape index (κ2) is 5.67. The molecule has 1 nitrogen and oxygen atoms in total. The molecule has 0 unspecified atom stereocenters. The first-order chi connectivity index (χ1) is 7.82. The minimum absolute atomic E-state index is 0.0507. The van der Waals surface area contributed by atoms with E-state index in [9.17, 15) is 8.78 Å². The van der Waals surface area contributed by atoms with Gasteiger partial charge in [-0.2, -0.15) is 8.78 Å². The second-order valence-electron chi connectivity index (χ2n) is 4.60. The molecule has 0 aromatic heterocycles. The van der Waals surface area contributed by atoms with Gasteiger partial charge in [0.05, 0.1) is 5.02 Å². The Morgan fingerprint density at radius 2 is 1.47 bits per heavy atom. The molecule has 0 radical (unpaired) electrons. The molecule has 0 saturated carbocycles. The van der Waals surface area contributed by atoms with E-state index in [2.05, 4.69) is 4.74 Å². The Hall–Kier alpha value is -0.830. The molecule has 1 rings (SSSR count). The van der Waals surface area contributed by atoms with Crippen LogP contribution in [0.3, 0.4) is 0 Å². The van der Waals surface area contributed by atoms with E-state index < -0.39 is 6.61 Å². The first-order valence-corrected chi connectivity index (χ1v) is 5.98. The Labute approximate surface area is 106 Å². The van der Waals surface area contributed by atoms with Crippen molar-refractivity contribution in [2.24, 2.45) is 0 Å². The maximum absolute atomic E-state index is 12.2. The van der Waals surface area contributed by atoms with Gasteiger partial charge in [-0.3, -0.25) is 0 Å². The van der Waals surface area contributed by atoms with Gasteiger partial charge in [0.15, 0.2) is 0 Å². The van der Waals surface area contributed by atoms with Crippen molar-refractivity contribution in [3.63, 3.8) is 0 Å². The molecule has 0 amide bonds. The molecule has 0 bridgehead atoms. The topological polar surface area (TPSA) is 9.23 Å². The summed E-state index contributed by atoms with van der Waals surface area (Å²) in [6.45, 7) is 5.27. The summed E-state index contributed by atoms with van der Waals surface area (Å²) in [6, 6.07) is 3.34. The smallest absolute Gasteiger partial charge is 0.387 e. The van der Waals surface area contributed by atoms with Crippen LogP contribution in [-0.2, 0) is 0 Å². The first kappa shape index (κ1) is 14.2. The van der Waals surface area contributed by atoms with E-state index in [0.717, 1.165) is 11.1 Å². The van der Waals surface area contributed by atoms with E-state index >= 15 is 0 Å². The fourth-order valence-corrected chi connectivity index (χ4v) is 1.99. The van der Waals surface area contributed by atoms with Crippen molar-refractivity contribution < 1.29 is 13.5 Å². The molecule has 0 saturated heterocycles. The lowest BCUT2D eigenvalue weighted by molar-refractivity contribution is -0.0498. The molecular formula is C13H17ClF2O. The molecule has 1 aromatic rings. The van der Waals surface area contributed by atoms with E-state index in [0.29, 0.717) is 5.92 Å². The van der Waals surface area contributed by atoms with Crippen molar-refractivity contribution in [1.29, 1.82) is 0 Å². The van der Waals surface area contributed by atoms with E-state index in [4.69, 9.17) is 11.6 Å². The molecule has 1 aromatic carbocycles. The van der Waals surface area contributed by atoms with Gasteiger partial charge in [-0.15, -0.1) is 0 Å². The van der Waals surface area contributed by atoms with Crippen LogP contribution in [0, 0.1) is 0 Å². The van der Waals surface area contributed by atoms with Gasteiger partial charge in [0.2, 0.25) is 0 Å². The van der Waals surface area contributed by atoms with Crippen LogP contribution in [-0.4, -0.2) is 6.61 Å². The minimum Gasteiger partial charge on any atom is -0.433 e. The first-order valence-electron chi connectivity index (χ1n) is 5.61. The van der Waals surface area contributed by atoms with Gasteiger partial charge < -0.3 is 4.74 Å². The molecular weight excluding hydrogens is 246 g/mol. The van der Waals surface area contributed by atoms with Crippen molar-refractivity contribution in [2.45, 2.75) is 46.1 Å². The third-order valence-corrected chi connectivity index (χ3v) is 2.89. The molecule has 0 fully saturated rings. The fourth-order valence-electron chi connectivity index (χ4n) is 1.77. The maximum Gasteiger partial charge on any atom is 0.387 e. The second-order valence-corrected chi connectivity index (χ2v) is 5.01. The molecule has 17 heavy (non-hydrogen) atoms. The van der Waals surface area contributed by atoms with E-state index in [-0.39, 0.29) is 16.7 Å². The maximum atomic E-state index is 12.2. The van der Waals surface area contributed by atoms with Crippen LogP contribution in [0.4, 0.5) is 8.78 Å². The van der Waals surface area contributed by atoms with Crippen molar-refractivity contribution in [1.82, 2.24) is 0 Å². The molecule has 4 heteroatoms. The lowest BCUT2D eigenvalue weighted by atomic mass is 9.90. The minimum atomic E-state index is -2.85. The number of hydrogen-bond acceptors (Lipinski definition) is 1. The fraction of sp³-hybridized carbons (Fsp3) is 0.538. The lowest BCUT2D eigenvalue weighted by Gasteiger charge is -2.18. The highest BCUT2D eigenvalue weighted by Crippen LogP contribution is 2.35. The van der Waals surface area contributed by atoms with Gasteiger partial charge in [-0.05, 0) is 35.1 Å². The molecule has 0 aliphatic carbocycles. The molecule has 0 spiro atoms. The average Bonchev–Trinajstić information content (AvgIpc) is 2.19. The normalized spacial score (nSPS) is 11.6. The zero-order valence-electron chi connectivity index (χ0n) is 10.4. The highest BCUT2D eigenvalue weighted by Gasteiger charge is 2.16. The highest BCUT2D eigenvalue weighted by atomic mass is 35.5. The summed E-state index contributed by atoms with van der Waals surface area (Å²) in [5, 5.41) is 0.235. The largest absolute Gasteiger partial charge is 0.433 e. The van der Waals surface area contributed by atoms with Gasteiger partial charge in [-0.1, -0.05) is 39.3 Å². The predicted octanol–water partition coefficient (Wildman–Crippen LogP) is 5.19. The number of ether oxygens (including phenoxy) is 1. The summed E-state index contributed by atoms with van der Waals surface area (Å²) in [5.41, 5.74) is 2.08. The predicted molar refractivity (Wildman–Crippen MR) is 66.3 cm³/mol. The van der Waals surface area contributed by atoms with Crippen LogP contribution in [0.15, 0.2) is 12.1 Å². The number of alkyl halides is 2. The van der Waals surface area contributed by atoms with Gasteiger partial charge in [0, 0.05) is 0 Å². The Morgan fingerprint density at radius 3 is 1.88 bits per heavy atom. The molecule has 0 aliphatic rings. The standard InChI is InChI=1S/C13H17ClF2O/c1-7(2)9-5-11(14)12(17-13(15)16)6-10(9)8(3)4/h5-8,13H,1-4H3. The number of rotatable bonds is 4. The summed E-state index contributed by atoms with van der Waals surface area (Å²) in [7, 11) is 0. The van der Waals surface area contributed by atoms with Crippen LogP contribution < -0.4 is 4.74 Å². The molecule has 0 aliphatic heterocycles. The SMILES string of the molecule is CC(C)c1cc(Cl)c(OC(F)F)cc1C(C)C. The summed E-state index contributed by atoms with van der Waals surface area (Å²) in [5.74, 6) is 0.588.